The van der Waals surface area contributed by atoms with E-state index >= 15 is 0 Å². The second-order valence-electron chi connectivity index (χ2n) is 36.7. The Hall–Kier alpha value is -17.6. The van der Waals surface area contributed by atoms with Crippen molar-refractivity contribution in [3.8, 4) is 125 Å². The molecule has 6 heterocycles. The van der Waals surface area contributed by atoms with E-state index in [1.54, 1.807) is 0 Å². The highest BCUT2D eigenvalue weighted by Gasteiger charge is 2.44. The Morgan fingerprint density at radius 1 is 0.131 bits per heavy atom. The molecule has 0 atom stereocenters. The van der Waals surface area contributed by atoms with Gasteiger partial charge in [-0.25, -0.2) is 0 Å². The van der Waals surface area contributed by atoms with E-state index in [0.717, 1.165) is 108 Å². The van der Waals surface area contributed by atoms with Crippen molar-refractivity contribution >= 4 is 188 Å². The molecule has 0 amide bonds. The highest BCUT2D eigenvalue weighted by atomic mass is 16.5. The first-order valence-electron chi connectivity index (χ1n) is 47.1. The van der Waals surface area contributed by atoms with Crippen molar-refractivity contribution in [2.45, 2.75) is 0 Å². The number of para-hydroxylation sites is 5. The van der Waals surface area contributed by atoms with Gasteiger partial charge in [0.1, 0.15) is 69.0 Å². The average Bonchev–Trinajstić information content (AvgIpc) is 0.711. The van der Waals surface area contributed by atoms with Crippen molar-refractivity contribution in [3.63, 3.8) is 0 Å². The topological polar surface area (TPSA) is 55.4 Å². The summed E-state index contributed by atoms with van der Waals surface area (Å²) in [5, 5.41) is 27.7. The quantitative estimate of drug-likeness (QED) is 0.0972. The van der Waals surface area contributed by atoms with Gasteiger partial charge in [0.15, 0.2) is 0 Å². The highest BCUT2D eigenvalue weighted by molar-refractivity contribution is 6.99. The molecule has 0 saturated heterocycles. The monoisotopic (exact) mass is 1740 g/mol. The molecule has 0 aliphatic carbocycles. The second kappa shape index (κ2) is 30.5. The van der Waals surface area contributed by atoms with Crippen LogP contribution in [0.3, 0.4) is 0 Å². The summed E-state index contributed by atoms with van der Waals surface area (Å²) in [6.45, 7) is 0.199. The molecule has 9 heteroatoms. The average molecular weight is 1740 g/mol. The summed E-state index contributed by atoms with van der Waals surface area (Å²) in [6.07, 6.45) is 0. The summed E-state index contributed by atoms with van der Waals surface area (Å²) in [7, 11) is 0. The predicted molar refractivity (Wildman–Crippen MR) is 572 cm³/mol. The van der Waals surface area contributed by atoms with Crippen LogP contribution in [0.2, 0.25) is 0 Å². The number of ether oxygens (including phenoxy) is 6. The zero-order chi connectivity index (χ0) is 89.6. The predicted octanol–water partition coefficient (Wildman–Crippen LogP) is 28.3. The van der Waals surface area contributed by atoms with Gasteiger partial charge in [-0.05, 0) is 292 Å². The maximum absolute atomic E-state index is 6.67. The summed E-state index contributed by atoms with van der Waals surface area (Å²) >= 11 is 0. The second-order valence-corrected chi connectivity index (χ2v) is 36.7. The van der Waals surface area contributed by atoms with Crippen LogP contribution in [0, 0.1) is 0 Å². The molecular weight excluding hydrogens is 1670 g/mol. The molecule has 0 radical (unpaired) electrons. The van der Waals surface area contributed by atoms with Gasteiger partial charge in [-0.2, -0.15) is 0 Å². The van der Waals surface area contributed by atoms with Crippen molar-refractivity contribution < 1.29 is 28.4 Å². The molecule has 0 N–H and O–H groups in total. The Bertz CT molecular complexity index is 9360. The molecule has 6 aliphatic heterocycles. The Morgan fingerprint density at radius 2 is 0.438 bits per heavy atom. The van der Waals surface area contributed by atoms with Gasteiger partial charge in [0.25, 0.3) is 20.1 Å². The molecule has 632 valence electrons. The molecule has 0 aromatic heterocycles. The lowest BCUT2D eigenvalue weighted by Crippen LogP contribution is -2.57. The van der Waals surface area contributed by atoms with Crippen LogP contribution < -0.4 is 77.6 Å². The number of rotatable bonds is 5. The largest absolute Gasteiger partial charge is 0.458 e. The SMILES string of the molecule is c1ccc(-c2c3ccccc3c(-c3ccc(-c4cc5c6c(c4)Oc4ccccc4B6c4ccccc4O5)c4ccccc34)c3ccccc23)cc1.c1ccc2c(c1)Oc1cc(-c3c4ccccc4cc4c3ccc3ccccc34)cc3c1B2c1ccccc1O3.c1ccc2c(c1)Oc1cccc3c1B2c1ccc(-c2ccc4c(c2)c2ccccc2c2c5ccccc5c5ccccc5c42)cc1O3. The number of hydrogen-bond acceptors (Lipinski definition) is 6. The van der Waals surface area contributed by atoms with Gasteiger partial charge in [0, 0.05) is 16.4 Å². The van der Waals surface area contributed by atoms with Crippen LogP contribution in [-0.2, 0) is 0 Å². The fraction of sp³-hybridized carbons (Fsp3) is 0. The van der Waals surface area contributed by atoms with Crippen molar-refractivity contribution in [3.05, 3.63) is 455 Å². The van der Waals surface area contributed by atoms with E-state index in [9.17, 15) is 0 Å². The first-order valence-corrected chi connectivity index (χ1v) is 47.1. The van der Waals surface area contributed by atoms with E-state index < -0.39 is 0 Å². The molecule has 0 bridgehead atoms. The van der Waals surface area contributed by atoms with Gasteiger partial charge < -0.3 is 28.4 Å². The molecule has 0 unspecified atom stereocenters. The summed E-state index contributed by atoms with van der Waals surface area (Å²) in [5.41, 5.74) is 22.1. The van der Waals surface area contributed by atoms with Gasteiger partial charge >= 0.3 is 0 Å². The van der Waals surface area contributed by atoms with E-state index in [0.29, 0.717) is 0 Å². The lowest BCUT2D eigenvalue weighted by molar-refractivity contribution is 0.464. The third-order valence-corrected chi connectivity index (χ3v) is 29.5. The fourth-order valence-corrected chi connectivity index (χ4v) is 23.7. The van der Waals surface area contributed by atoms with Crippen molar-refractivity contribution in [2.75, 3.05) is 0 Å². The third kappa shape index (κ3) is 11.9. The van der Waals surface area contributed by atoms with Gasteiger partial charge in [-0.3, -0.25) is 0 Å². The van der Waals surface area contributed by atoms with Crippen LogP contribution >= 0.6 is 0 Å². The maximum Gasteiger partial charge on any atom is 0.260 e. The Balaban J connectivity index is 0.000000100. The van der Waals surface area contributed by atoms with Crippen LogP contribution in [0.5, 0.6) is 69.0 Å². The molecule has 0 fully saturated rings. The number of fused-ring (bicyclic) bond motifs is 30. The number of benzene rings is 25. The number of hydrogen-bond donors (Lipinski definition) is 0. The highest BCUT2D eigenvalue weighted by Crippen LogP contribution is 2.52. The Kier molecular flexibility index (Phi) is 17.1. The molecule has 6 nitrogen and oxygen atoms in total. The smallest absolute Gasteiger partial charge is 0.260 e. The van der Waals surface area contributed by atoms with Gasteiger partial charge in [-0.1, -0.05) is 370 Å². The molecule has 0 spiro atoms. The van der Waals surface area contributed by atoms with E-state index in [1.165, 1.54) is 185 Å². The van der Waals surface area contributed by atoms with Crippen LogP contribution in [0.1, 0.15) is 0 Å². The van der Waals surface area contributed by atoms with Crippen molar-refractivity contribution in [1.29, 1.82) is 0 Å². The Labute approximate surface area is 790 Å². The lowest BCUT2D eigenvalue weighted by Gasteiger charge is -2.33. The van der Waals surface area contributed by atoms with E-state index in [2.05, 4.69) is 413 Å². The minimum Gasteiger partial charge on any atom is -0.458 e. The Morgan fingerprint density at radius 3 is 0.949 bits per heavy atom. The van der Waals surface area contributed by atoms with Crippen LogP contribution in [-0.4, -0.2) is 20.1 Å². The maximum atomic E-state index is 6.67. The van der Waals surface area contributed by atoms with E-state index in [-0.39, 0.29) is 20.1 Å². The van der Waals surface area contributed by atoms with Crippen LogP contribution in [0.15, 0.2) is 455 Å². The van der Waals surface area contributed by atoms with Crippen molar-refractivity contribution in [2.24, 2.45) is 0 Å². The third-order valence-electron chi connectivity index (χ3n) is 29.5. The standard InChI is InChI=1S/C48H29BO2.C44H25BO2.C36H21BO2/c1-2-14-30(15-3-1)46-35-18-6-8-20-37(35)47(38-21-9-7-19-36(38)46)39-27-26-32(33-16-4-5-17-34(33)39)31-28-44-48-45(29-31)51-43-25-13-11-23-41(43)49(48)40-22-10-12-24-42(40)50-44;1-4-13-31-28(10-1)29-11-2-5-14-32(29)43-34-22-20-26(24-35(34)30-12-3-6-15-33(30)42(31)43)27-21-23-37-41(25-27)47-40-19-9-18-39-44(40)45(37)36-16-7-8-17-38(36)46-39;1-3-11-25-22(9-1)17-18-27-28(25)19-23-10-2-4-12-26(23)35(27)24-20-33-36-34(21-24)39-32-16-8-6-14-30(32)37(36)29-13-5-7-15-31(29)38-33/h1-29H;1-25H;1-21H. The van der Waals surface area contributed by atoms with Crippen LogP contribution in [0.25, 0.3) is 174 Å². The molecule has 25 aromatic carbocycles. The zero-order valence-corrected chi connectivity index (χ0v) is 74.0. The molecule has 25 aromatic rings. The van der Waals surface area contributed by atoms with E-state index in [4.69, 9.17) is 28.4 Å². The minimum atomic E-state index is 0.0542. The first kappa shape index (κ1) is 77.0. The fourth-order valence-electron chi connectivity index (χ4n) is 23.7. The molecule has 0 saturated carbocycles. The van der Waals surface area contributed by atoms with Crippen LogP contribution in [0.4, 0.5) is 0 Å². The molecule has 6 aliphatic rings. The van der Waals surface area contributed by atoms with Gasteiger partial charge in [-0.15, -0.1) is 0 Å². The van der Waals surface area contributed by atoms with Gasteiger partial charge in [0.2, 0.25) is 0 Å². The summed E-state index contributed by atoms with van der Waals surface area (Å²) in [4.78, 5) is 0. The van der Waals surface area contributed by atoms with Crippen molar-refractivity contribution in [1.82, 2.24) is 0 Å². The molecule has 137 heavy (non-hydrogen) atoms. The van der Waals surface area contributed by atoms with Gasteiger partial charge in [0.05, 0.1) is 0 Å². The first-order chi connectivity index (χ1) is 68.0. The minimum absolute atomic E-state index is 0.0542. The lowest BCUT2D eigenvalue weighted by atomic mass is 9.35. The summed E-state index contributed by atoms with van der Waals surface area (Å²) in [6, 6.07) is 163. The molecule has 31 rings (SSSR count). The summed E-state index contributed by atoms with van der Waals surface area (Å²) in [5.74, 6) is 10.6. The van der Waals surface area contributed by atoms with E-state index in [1.807, 2.05) is 42.5 Å². The molecular formula is C128H75B3O6. The summed E-state index contributed by atoms with van der Waals surface area (Å²) < 4.78 is 39.5. The normalized spacial score (nSPS) is 12.8. The zero-order valence-electron chi connectivity index (χ0n) is 74.0.